The van der Waals surface area contributed by atoms with Crippen LogP contribution in [-0.4, -0.2) is 0 Å². The largest absolute Gasteiger partial charge is 0.311 e. The van der Waals surface area contributed by atoms with Crippen LogP contribution in [0.4, 0.5) is 34.1 Å². The van der Waals surface area contributed by atoms with Gasteiger partial charge in [-0.2, -0.15) is 0 Å². The van der Waals surface area contributed by atoms with Crippen molar-refractivity contribution in [2.75, 3.05) is 9.80 Å². The van der Waals surface area contributed by atoms with Crippen molar-refractivity contribution >= 4 is 109 Å². The molecular weight excluding hydrogens is 937 g/mol. The first-order valence-corrected chi connectivity index (χ1v) is 27.1. The minimum Gasteiger partial charge on any atom is -0.311 e. The van der Waals surface area contributed by atoms with Crippen LogP contribution in [0.5, 0.6) is 0 Å². The number of anilines is 6. The van der Waals surface area contributed by atoms with Gasteiger partial charge in [0.05, 0.1) is 5.69 Å². The highest BCUT2D eigenvalue weighted by atomic mass is 32.1. The summed E-state index contributed by atoms with van der Waals surface area (Å²) in [5.41, 5.74) is 16.7. The molecule has 1 aromatic heterocycles. The number of benzene rings is 13. The smallest absolute Gasteiger partial charge is 0.0540 e. The van der Waals surface area contributed by atoms with Crippen molar-refractivity contribution in [3.63, 3.8) is 0 Å². The minimum atomic E-state index is -0.260. The second-order valence-corrected chi connectivity index (χ2v) is 21.8. The maximum Gasteiger partial charge on any atom is 0.0540 e. The summed E-state index contributed by atoms with van der Waals surface area (Å²) in [7, 11) is 0. The molecule has 1 aliphatic rings. The molecule has 0 amide bonds. The van der Waals surface area contributed by atoms with E-state index in [9.17, 15) is 0 Å². The third-order valence-electron chi connectivity index (χ3n) is 16.2. The van der Waals surface area contributed by atoms with Crippen LogP contribution >= 0.6 is 11.3 Å². The number of rotatable bonds is 8. The first kappa shape index (κ1) is 44.2. The molecule has 14 aromatic rings. The first-order valence-electron chi connectivity index (χ1n) is 26.3. The molecule has 358 valence electrons. The summed E-state index contributed by atoms with van der Waals surface area (Å²) >= 11 is 1.90. The quantitative estimate of drug-likeness (QED) is 0.140. The van der Waals surface area contributed by atoms with Crippen LogP contribution < -0.4 is 9.80 Å². The maximum atomic E-state index is 2.52. The topological polar surface area (TPSA) is 6.48 Å². The highest BCUT2D eigenvalue weighted by Gasteiger charge is 2.37. The van der Waals surface area contributed by atoms with E-state index in [0.29, 0.717) is 0 Å². The SMILES string of the molecule is CC1(C)c2cc(-c3cccc4c3sc3ccccc34)ccc2-c2ccc(N(c3ccc4c5ccccc5c5ccccc5c4c3)c3ccc(-c4ccc(N(c5ccccc5)c5ccccc5)cc4)c4ccccc34)cc21. The Morgan fingerprint density at radius 2 is 0.750 bits per heavy atom. The van der Waals surface area contributed by atoms with Gasteiger partial charge in [0.2, 0.25) is 0 Å². The van der Waals surface area contributed by atoms with Gasteiger partial charge in [0.15, 0.2) is 0 Å². The van der Waals surface area contributed by atoms with E-state index in [4.69, 9.17) is 0 Å². The molecule has 1 aliphatic carbocycles. The number of para-hydroxylation sites is 2. The molecule has 15 rings (SSSR count). The Kier molecular flexibility index (Phi) is 10.1. The summed E-state index contributed by atoms with van der Waals surface area (Å²) in [4.78, 5) is 4.84. The Balaban J connectivity index is 0.888. The molecule has 0 saturated carbocycles. The zero-order chi connectivity index (χ0) is 50.5. The van der Waals surface area contributed by atoms with Gasteiger partial charge in [0.1, 0.15) is 0 Å². The predicted octanol–water partition coefficient (Wildman–Crippen LogP) is 21.2. The lowest BCUT2D eigenvalue weighted by Crippen LogP contribution is -2.17. The van der Waals surface area contributed by atoms with Gasteiger partial charge in [0, 0.05) is 59.4 Å². The normalized spacial score (nSPS) is 12.7. The van der Waals surface area contributed by atoms with Crippen molar-refractivity contribution in [2.45, 2.75) is 19.3 Å². The molecule has 2 nitrogen and oxygen atoms in total. The number of thiophene rings is 1. The number of nitrogens with zero attached hydrogens (tertiary/aromatic N) is 2. The Labute approximate surface area is 446 Å². The van der Waals surface area contributed by atoms with Gasteiger partial charge in [-0.1, -0.05) is 202 Å². The molecule has 13 aromatic carbocycles. The maximum absolute atomic E-state index is 2.52. The third-order valence-corrected chi connectivity index (χ3v) is 17.4. The minimum absolute atomic E-state index is 0.260. The number of fused-ring (bicyclic) bond motifs is 13. The average molecular weight is 987 g/mol. The van der Waals surface area contributed by atoms with Gasteiger partial charge in [-0.05, 0) is 161 Å². The first-order chi connectivity index (χ1) is 37.5. The zero-order valence-electron chi connectivity index (χ0n) is 42.2. The number of hydrogen-bond acceptors (Lipinski definition) is 3. The summed E-state index contributed by atoms with van der Waals surface area (Å²) in [5, 5.41) is 12.6. The van der Waals surface area contributed by atoms with Crippen LogP contribution in [-0.2, 0) is 5.41 Å². The van der Waals surface area contributed by atoms with Crippen molar-refractivity contribution in [1.82, 2.24) is 0 Å². The van der Waals surface area contributed by atoms with Gasteiger partial charge in [-0.15, -0.1) is 11.3 Å². The summed E-state index contributed by atoms with van der Waals surface area (Å²) in [6.07, 6.45) is 0. The Bertz CT molecular complexity index is 4530. The molecule has 0 radical (unpaired) electrons. The highest BCUT2D eigenvalue weighted by molar-refractivity contribution is 7.26. The molecule has 0 saturated heterocycles. The van der Waals surface area contributed by atoms with Crippen LogP contribution in [0.15, 0.2) is 267 Å². The molecule has 0 unspecified atom stereocenters. The summed E-state index contributed by atoms with van der Waals surface area (Å²) in [5.74, 6) is 0. The van der Waals surface area contributed by atoms with Crippen LogP contribution in [0.3, 0.4) is 0 Å². The summed E-state index contributed by atoms with van der Waals surface area (Å²) < 4.78 is 2.68. The fraction of sp³-hybridized carbons (Fsp3) is 0.0411. The molecule has 0 spiro atoms. The lowest BCUT2D eigenvalue weighted by molar-refractivity contribution is 0.660. The Morgan fingerprint density at radius 3 is 1.43 bits per heavy atom. The van der Waals surface area contributed by atoms with Crippen molar-refractivity contribution in [2.24, 2.45) is 0 Å². The van der Waals surface area contributed by atoms with Gasteiger partial charge < -0.3 is 9.80 Å². The van der Waals surface area contributed by atoms with Gasteiger partial charge in [0.25, 0.3) is 0 Å². The van der Waals surface area contributed by atoms with E-state index in [0.717, 1.165) is 34.1 Å². The van der Waals surface area contributed by atoms with Crippen molar-refractivity contribution in [1.29, 1.82) is 0 Å². The lowest BCUT2D eigenvalue weighted by atomic mass is 9.81. The molecule has 0 N–H and O–H groups in total. The van der Waals surface area contributed by atoms with Crippen LogP contribution in [0.1, 0.15) is 25.0 Å². The Morgan fingerprint density at radius 1 is 0.276 bits per heavy atom. The molecule has 1 heterocycles. The van der Waals surface area contributed by atoms with E-state index >= 15 is 0 Å². The van der Waals surface area contributed by atoms with Gasteiger partial charge >= 0.3 is 0 Å². The molecule has 0 bridgehead atoms. The standard InChI is InChI=1S/C73H50N2S/c1-73(2)68-44-48(55-29-17-30-66-65-28-15-16-31-71(65)76-72(55)66)34-39-62(68)63-41-38-53(46-69(63)73)75(52-37-40-61-59-25-10-9-23-57(59)58-24-11-12-26-60(58)67(61)45-52)70-43-42-54(56-22-13-14-27-64(56)70)47-32-35-51(36-33-47)74(49-18-5-3-6-19-49)50-20-7-4-8-21-50/h3-46H,1-2H3. The Hall–Kier alpha value is -9.28. The third kappa shape index (κ3) is 6.93. The van der Waals surface area contributed by atoms with Crippen LogP contribution in [0.2, 0.25) is 0 Å². The van der Waals surface area contributed by atoms with Gasteiger partial charge in [-0.25, -0.2) is 0 Å². The average Bonchev–Trinajstić information content (AvgIpc) is 4.06. The van der Waals surface area contributed by atoms with E-state index in [-0.39, 0.29) is 5.41 Å². The number of hydrogen-bond donors (Lipinski definition) is 0. The lowest BCUT2D eigenvalue weighted by Gasteiger charge is -2.30. The summed E-state index contributed by atoms with van der Waals surface area (Å²) in [6.45, 7) is 4.83. The molecule has 0 atom stereocenters. The molecule has 0 fully saturated rings. The molecule has 3 heteroatoms. The van der Waals surface area contributed by atoms with Crippen molar-refractivity contribution in [3.05, 3.63) is 278 Å². The second kappa shape index (κ2) is 17.4. The predicted molar refractivity (Wildman–Crippen MR) is 327 cm³/mol. The highest BCUT2D eigenvalue weighted by Crippen LogP contribution is 2.53. The van der Waals surface area contributed by atoms with Crippen molar-refractivity contribution in [3.8, 4) is 33.4 Å². The fourth-order valence-electron chi connectivity index (χ4n) is 12.6. The monoisotopic (exact) mass is 986 g/mol. The van der Waals surface area contributed by atoms with E-state index in [1.165, 1.54) is 108 Å². The molecule has 0 aliphatic heterocycles. The molecule has 76 heavy (non-hydrogen) atoms. The molecular formula is C73H50N2S. The van der Waals surface area contributed by atoms with E-state index in [2.05, 4.69) is 291 Å². The van der Waals surface area contributed by atoms with Gasteiger partial charge in [-0.3, -0.25) is 0 Å². The van der Waals surface area contributed by atoms with Crippen LogP contribution in [0, 0.1) is 0 Å². The second-order valence-electron chi connectivity index (χ2n) is 20.8. The zero-order valence-corrected chi connectivity index (χ0v) is 43.0. The van der Waals surface area contributed by atoms with Crippen LogP contribution in [0.25, 0.3) is 96.6 Å². The van der Waals surface area contributed by atoms with Crippen molar-refractivity contribution < 1.29 is 0 Å². The summed E-state index contributed by atoms with van der Waals surface area (Å²) in [6, 6.07) is 98.9. The van der Waals surface area contributed by atoms with E-state index < -0.39 is 0 Å². The van der Waals surface area contributed by atoms with E-state index in [1.54, 1.807) is 0 Å². The van der Waals surface area contributed by atoms with E-state index in [1.807, 2.05) is 11.3 Å². The fourth-order valence-corrected chi connectivity index (χ4v) is 13.8.